The van der Waals surface area contributed by atoms with Gasteiger partial charge in [0.1, 0.15) is 11.9 Å². The van der Waals surface area contributed by atoms with E-state index in [0.29, 0.717) is 26.3 Å². The fourth-order valence-corrected chi connectivity index (χ4v) is 2.93. The third kappa shape index (κ3) is 2.53. The fraction of sp³-hybridized carbons (Fsp3) is 0.500. The number of aromatic nitrogens is 2. The van der Waals surface area contributed by atoms with E-state index in [-0.39, 0.29) is 11.9 Å². The van der Waals surface area contributed by atoms with Crippen molar-refractivity contribution in [2.45, 2.75) is 26.3 Å². The minimum Gasteiger partial charge on any atom is -0.378 e. The van der Waals surface area contributed by atoms with Crippen molar-refractivity contribution < 1.29 is 9.53 Å². The van der Waals surface area contributed by atoms with Gasteiger partial charge in [0.15, 0.2) is 0 Å². The molecular formula is C16H21N3O2. The molecule has 1 unspecified atom stereocenters. The van der Waals surface area contributed by atoms with E-state index in [1.54, 1.807) is 0 Å². The standard InChI is InChI=1S/C16H21N3O2/c1-3-15-17-13-6-4-5-7-14(13)19(15)12(2)16(20)18-8-10-21-11-9-18/h4-7,12H,3,8-11H2,1-2H3. The second kappa shape index (κ2) is 5.85. The summed E-state index contributed by atoms with van der Waals surface area (Å²) < 4.78 is 7.40. The highest BCUT2D eigenvalue weighted by Crippen LogP contribution is 2.23. The number of carbonyl (C=O) groups is 1. The van der Waals surface area contributed by atoms with E-state index in [2.05, 4.69) is 16.5 Å². The molecule has 1 atom stereocenters. The smallest absolute Gasteiger partial charge is 0.245 e. The molecule has 112 valence electrons. The molecule has 0 aliphatic carbocycles. The number of rotatable bonds is 3. The summed E-state index contributed by atoms with van der Waals surface area (Å²) in [6, 6.07) is 7.77. The number of benzene rings is 1. The van der Waals surface area contributed by atoms with Crippen molar-refractivity contribution in [1.29, 1.82) is 0 Å². The first kappa shape index (κ1) is 14.1. The number of hydrogen-bond acceptors (Lipinski definition) is 3. The summed E-state index contributed by atoms with van der Waals surface area (Å²) >= 11 is 0. The fourth-order valence-electron chi connectivity index (χ4n) is 2.93. The zero-order valence-corrected chi connectivity index (χ0v) is 12.6. The lowest BCUT2D eigenvalue weighted by molar-refractivity contribution is -0.138. The van der Waals surface area contributed by atoms with Crippen molar-refractivity contribution >= 4 is 16.9 Å². The summed E-state index contributed by atoms with van der Waals surface area (Å²) in [6.45, 7) is 6.65. The number of morpholine rings is 1. The van der Waals surface area contributed by atoms with Gasteiger partial charge in [0.2, 0.25) is 5.91 Å². The molecular weight excluding hydrogens is 266 g/mol. The topological polar surface area (TPSA) is 47.4 Å². The van der Waals surface area contributed by atoms with Gasteiger partial charge >= 0.3 is 0 Å². The monoisotopic (exact) mass is 287 g/mol. The summed E-state index contributed by atoms with van der Waals surface area (Å²) in [6.07, 6.45) is 0.815. The Kier molecular flexibility index (Phi) is 3.92. The van der Waals surface area contributed by atoms with Crippen molar-refractivity contribution in [1.82, 2.24) is 14.5 Å². The van der Waals surface area contributed by atoms with Gasteiger partial charge < -0.3 is 14.2 Å². The quantitative estimate of drug-likeness (QED) is 0.867. The molecule has 0 radical (unpaired) electrons. The van der Waals surface area contributed by atoms with E-state index in [4.69, 9.17) is 4.74 Å². The zero-order chi connectivity index (χ0) is 14.8. The number of hydrogen-bond donors (Lipinski definition) is 0. The molecule has 1 aliphatic rings. The molecule has 3 rings (SSSR count). The molecule has 1 fully saturated rings. The summed E-state index contributed by atoms with van der Waals surface area (Å²) in [4.78, 5) is 19.3. The van der Waals surface area contributed by atoms with Crippen molar-refractivity contribution in [3.63, 3.8) is 0 Å². The second-order valence-electron chi connectivity index (χ2n) is 5.35. The van der Waals surface area contributed by atoms with Crippen LogP contribution in [-0.2, 0) is 16.0 Å². The van der Waals surface area contributed by atoms with Crippen LogP contribution in [0.5, 0.6) is 0 Å². The Labute approximate surface area is 124 Å². The van der Waals surface area contributed by atoms with Crippen LogP contribution < -0.4 is 0 Å². The van der Waals surface area contributed by atoms with E-state index >= 15 is 0 Å². The first-order valence-electron chi connectivity index (χ1n) is 7.54. The minimum absolute atomic E-state index is 0.149. The molecule has 5 heteroatoms. The third-order valence-electron chi connectivity index (χ3n) is 4.05. The number of para-hydroxylation sites is 2. The highest BCUT2D eigenvalue weighted by atomic mass is 16.5. The predicted octanol–water partition coefficient (Wildman–Crippen LogP) is 2.02. The second-order valence-corrected chi connectivity index (χ2v) is 5.35. The van der Waals surface area contributed by atoms with Crippen LogP contribution in [0.25, 0.3) is 11.0 Å². The van der Waals surface area contributed by atoms with Crippen molar-refractivity contribution in [2.75, 3.05) is 26.3 Å². The van der Waals surface area contributed by atoms with Gasteiger partial charge in [-0.25, -0.2) is 4.98 Å². The number of fused-ring (bicyclic) bond motifs is 1. The Morgan fingerprint density at radius 3 is 2.76 bits per heavy atom. The molecule has 2 aromatic rings. The number of ether oxygens (including phenoxy) is 1. The van der Waals surface area contributed by atoms with Crippen molar-refractivity contribution in [3.05, 3.63) is 30.1 Å². The number of aryl methyl sites for hydroxylation is 1. The Bertz CT molecular complexity index is 644. The molecule has 1 saturated heterocycles. The molecule has 0 spiro atoms. The molecule has 1 aromatic heterocycles. The molecule has 1 aromatic carbocycles. The third-order valence-corrected chi connectivity index (χ3v) is 4.05. The summed E-state index contributed by atoms with van der Waals surface area (Å²) in [7, 11) is 0. The number of carbonyl (C=O) groups excluding carboxylic acids is 1. The molecule has 1 amide bonds. The number of amides is 1. The molecule has 0 N–H and O–H groups in total. The summed E-state index contributed by atoms with van der Waals surface area (Å²) in [5.74, 6) is 1.11. The maximum atomic E-state index is 12.7. The summed E-state index contributed by atoms with van der Waals surface area (Å²) in [5, 5.41) is 0. The SMILES string of the molecule is CCc1nc2ccccc2n1C(C)C(=O)N1CCOCC1. The van der Waals surface area contributed by atoms with Gasteiger partial charge in [-0.15, -0.1) is 0 Å². The van der Waals surface area contributed by atoms with Gasteiger partial charge in [0, 0.05) is 19.5 Å². The van der Waals surface area contributed by atoms with Crippen LogP contribution in [-0.4, -0.2) is 46.7 Å². The van der Waals surface area contributed by atoms with Crippen LogP contribution in [0.4, 0.5) is 0 Å². The maximum Gasteiger partial charge on any atom is 0.245 e. The first-order chi connectivity index (χ1) is 10.2. The molecule has 1 aliphatic heterocycles. The lowest BCUT2D eigenvalue weighted by Gasteiger charge is -2.30. The molecule has 0 saturated carbocycles. The number of imidazole rings is 1. The Balaban J connectivity index is 1.96. The van der Waals surface area contributed by atoms with Gasteiger partial charge in [-0.3, -0.25) is 4.79 Å². The Hall–Kier alpha value is -1.88. The minimum atomic E-state index is -0.231. The highest BCUT2D eigenvalue weighted by molar-refractivity contribution is 5.84. The molecule has 21 heavy (non-hydrogen) atoms. The van der Waals surface area contributed by atoms with Gasteiger partial charge in [0.25, 0.3) is 0 Å². The largest absolute Gasteiger partial charge is 0.378 e. The van der Waals surface area contributed by atoms with E-state index in [0.717, 1.165) is 23.3 Å². The highest BCUT2D eigenvalue weighted by Gasteiger charge is 2.26. The first-order valence-corrected chi connectivity index (χ1v) is 7.54. The van der Waals surface area contributed by atoms with Crippen LogP contribution in [0.3, 0.4) is 0 Å². The van der Waals surface area contributed by atoms with Crippen LogP contribution in [0.15, 0.2) is 24.3 Å². The molecule has 0 bridgehead atoms. The Morgan fingerprint density at radius 2 is 2.05 bits per heavy atom. The maximum absolute atomic E-state index is 12.7. The van der Waals surface area contributed by atoms with Crippen LogP contribution in [0.2, 0.25) is 0 Å². The normalized spacial score (nSPS) is 17.1. The lowest BCUT2D eigenvalue weighted by atomic mass is 10.2. The van der Waals surface area contributed by atoms with E-state index < -0.39 is 0 Å². The van der Waals surface area contributed by atoms with Gasteiger partial charge in [-0.2, -0.15) is 0 Å². The lowest BCUT2D eigenvalue weighted by Crippen LogP contribution is -2.43. The molecule has 5 nitrogen and oxygen atoms in total. The van der Waals surface area contributed by atoms with Crippen molar-refractivity contribution in [3.8, 4) is 0 Å². The van der Waals surface area contributed by atoms with Gasteiger partial charge in [-0.1, -0.05) is 19.1 Å². The predicted molar refractivity (Wildman–Crippen MR) is 81.2 cm³/mol. The van der Waals surface area contributed by atoms with E-state index in [1.807, 2.05) is 36.1 Å². The van der Waals surface area contributed by atoms with Crippen molar-refractivity contribution in [2.24, 2.45) is 0 Å². The van der Waals surface area contributed by atoms with Crippen LogP contribution in [0, 0.1) is 0 Å². The average molecular weight is 287 g/mol. The Morgan fingerprint density at radius 1 is 1.33 bits per heavy atom. The zero-order valence-electron chi connectivity index (χ0n) is 12.6. The summed E-state index contributed by atoms with van der Waals surface area (Å²) in [5.41, 5.74) is 1.99. The van der Waals surface area contributed by atoms with Gasteiger partial charge in [-0.05, 0) is 19.1 Å². The van der Waals surface area contributed by atoms with Crippen LogP contribution >= 0.6 is 0 Å². The van der Waals surface area contributed by atoms with E-state index in [1.165, 1.54) is 0 Å². The number of nitrogens with zero attached hydrogens (tertiary/aromatic N) is 3. The van der Waals surface area contributed by atoms with E-state index in [9.17, 15) is 4.79 Å². The molecule has 2 heterocycles. The average Bonchev–Trinajstić information content (AvgIpc) is 2.92. The van der Waals surface area contributed by atoms with Crippen LogP contribution in [0.1, 0.15) is 25.7 Å². The van der Waals surface area contributed by atoms with Gasteiger partial charge in [0.05, 0.1) is 24.2 Å².